The number of hydrogen-bond donors (Lipinski definition) is 1. The fourth-order valence-corrected chi connectivity index (χ4v) is 6.11. The Balaban J connectivity index is 1.59. The maximum absolute atomic E-state index is 13.6. The summed E-state index contributed by atoms with van der Waals surface area (Å²) in [4.78, 5) is 26.5. The lowest BCUT2D eigenvalue weighted by Crippen LogP contribution is -2.29. The first-order chi connectivity index (χ1) is 16.9. The van der Waals surface area contributed by atoms with E-state index in [9.17, 15) is 9.59 Å². The number of esters is 1. The lowest BCUT2D eigenvalue weighted by Gasteiger charge is -2.29. The van der Waals surface area contributed by atoms with Crippen LogP contribution in [0.15, 0.2) is 92.5 Å². The van der Waals surface area contributed by atoms with Crippen molar-refractivity contribution in [3.63, 3.8) is 0 Å². The van der Waals surface area contributed by atoms with E-state index in [4.69, 9.17) is 9.47 Å². The molecule has 0 amide bonds. The highest BCUT2D eigenvalue weighted by Gasteiger charge is 2.43. The molecule has 1 aliphatic carbocycles. The predicted molar refractivity (Wildman–Crippen MR) is 141 cm³/mol. The number of fused-ring (bicyclic) bond motifs is 2. The van der Waals surface area contributed by atoms with E-state index in [2.05, 4.69) is 37.2 Å². The van der Waals surface area contributed by atoms with Crippen LogP contribution in [-0.2, 0) is 16.1 Å². The molecule has 0 saturated carbocycles. The van der Waals surface area contributed by atoms with Crippen molar-refractivity contribution >= 4 is 49.3 Å². The summed E-state index contributed by atoms with van der Waals surface area (Å²) in [6, 6.07) is 21.2. The van der Waals surface area contributed by atoms with E-state index in [0.29, 0.717) is 43.7 Å². The minimum atomic E-state index is -0.602. The van der Waals surface area contributed by atoms with Crippen LogP contribution in [0.2, 0.25) is 0 Å². The molecule has 0 saturated heterocycles. The normalized spacial score (nSPS) is 16.6. The molecule has 0 aromatic heterocycles. The molecule has 1 N–H and O–H groups in total. The van der Waals surface area contributed by atoms with E-state index in [-0.39, 0.29) is 5.78 Å². The van der Waals surface area contributed by atoms with Crippen molar-refractivity contribution in [2.45, 2.75) is 19.4 Å². The summed E-state index contributed by atoms with van der Waals surface area (Å²) in [5, 5.41) is 3.30. The Bertz CT molecular complexity index is 1400. The van der Waals surface area contributed by atoms with Crippen LogP contribution in [-0.4, -0.2) is 18.9 Å². The molecule has 1 heterocycles. The second kappa shape index (κ2) is 9.47. The molecule has 7 heteroatoms. The Morgan fingerprint density at radius 1 is 0.971 bits per heavy atom. The van der Waals surface area contributed by atoms with Gasteiger partial charge < -0.3 is 14.8 Å². The smallest absolute Gasteiger partial charge is 0.336 e. The lowest BCUT2D eigenvalue weighted by atomic mass is 9.80. The second-order valence-electron chi connectivity index (χ2n) is 8.34. The van der Waals surface area contributed by atoms with Gasteiger partial charge in [0.2, 0.25) is 0 Å². The summed E-state index contributed by atoms with van der Waals surface area (Å²) in [6.07, 6.45) is 0. The van der Waals surface area contributed by atoms with Gasteiger partial charge in [-0.05, 0) is 62.0 Å². The van der Waals surface area contributed by atoms with Crippen molar-refractivity contribution < 1.29 is 19.1 Å². The maximum atomic E-state index is 13.6. The Kier molecular flexibility index (Phi) is 6.38. The van der Waals surface area contributed by atoms with Gasteiger partial charge in [0, 0.05) is 28.3 Å². The molecule has 5 rings (SSSR count). The van der Waals surface area contributed by atoms with E-state index >= 15 is 0 Å². The number of nitrogens with one attached hydrogen (secondary N) is 1. The second-order valence-corrected chi connectivity index (χ2v) is 10.0. The molecule has 0 spiro atoms. The summed E-state index contributed by atoms with van der Waals surface area (Å²) in [5.74, 6) is -0.540. The SMILES string of the molecule is COC(=O)C1=C(C)NC2=C(C(=O)c3ccccc32)[C@H]1c1cc(Br)c(OCc2ccccc2)c(Br)c1. The van der Waals surface area contributed by atoms with Gasteiger partial charge in [0.15, 0.2) is 5.78 Å². The van der Waals surface area contributed by atoms with E-state index in [1.807, 2.05) is 73.7 Å². The predicted octanol–water partition coefficient (Wildman–Crippen LogP) is 6.53. The average Bonchev–Trinajstić information content (AvgIpc) is 3.14. The van der Waals surface area contributed by atoms with Crippen LogP contribution < -0.4 is 10.1 Å². The van der Waals surface area contributed by atoms with Gasteiger partial charge in [0.25, 0.3) is 0 Å². The van der Waals surface area contributed by atoms with Gasteiger partial charge in [-0.25, -0.2) is 4.79 Å². The van der Waals surface area contributed by atoms with Crippen molar-refractivity contribution in [2.75, 3.05) is 7.11 Å². The number of allylic oxidation sites excluding steroid dienone is 2. The van der Waals surface area contributed by atoms with Gasteiger partial charge in [-0.1, -0.05) is 54.6 Å². The monoisotopic (exact) mass is 593 g/mol. The lowest BCUT2D eigenvalue weighted by molar-refractivity contribution is -0.136. The van der Waals surface area contributed by atoms with Gasteiger partial charge in [-0.3, -0.25) is 4.79 Å². The van der Waals surface area contributed by atoms with E-state index in [1.54, 1.807) is 0 Å². The molecular weight excluding hydrogens is 574 g/mol. The third-order valence-corrected chi connectivity index (χ3v) is 7.41. The van der Waals surface area contributed by atoms with Crippen molar-refractivity contribution in [3.05, 3.63) is 115 Å². The fourth-order valence-electron chi connectivity index (χ4n) is 4.66. The van der Waals surface area contributed by atoms with E-state index in [1.165, 1.54) is 7.11 Å². The zero-order valence-corrected chi connectivity index (χ0v) is 22.2. The minimum Gasteiger partial charge on any atom is -0.487 e. The maximum Gasteiger partial charge on any atom is 0.336 e. The van der Waals surface area contributed by atoms with Crippen LogP contribution in [0.25, 0.3) is 5.70 Å². The summed E-state index contributed by atoms with van der Waals surface area (Å²) < 4.78 is 12.6. The number of benzene rings is 3. The average molecular weight is 595 g/mol. The molecule has 0 bridgehead atoms. The fraction of sp³-hybridized carbons (Fsp3) is 0.143. The van der Waals surface area contributed by atoms with Crippen molar-refractivity contribution in [3.8, 4) is 5.75 Å². The first-order valence-corrected chi connectivity index (χ1v) is 12.6. The largest absolute Gasteiger partial charge is 0.487 e. The van der Waals surface area contributed by atoms with Gasteiger partial charge in [0.1, 0.15) is 12.4 Å². The molecule has 3 aromatic rings. The number of carbonyl (C=O) groups is 2. The third-order valence-electron chi connectivity index (χ3n) is 6.23. The minimum absolute atomic E-state index is 0.0985. The molecule has 3 aromatic carbocycles. The molecular formula is C28H21Br2NO4. The number of dihydropyridines is 1. The molecule has 1 atom stereocenters. The van der Waals surface area contributed by atoms with E-state index < -0.39 is 11.9 Å². The number of Topliss-reactive ketones (excluding diaryl/α,β-unsaturated/α-hetero) is 1. The standard InChI is InChI=1S/C28H21Br2NO4/c1-15-22(28(33)34-2)23(24-25(31-15)18-10-6-7-11-19(18)26(24)32)17-12-20(29)27(21(30)13-17)35-14-16-8-4-3-5-9-16/h3-13,23,31H,14H2,1-2H3/t23-/m0/s1. The summed E-state index contributed by atoms with van der Waals surface area (Å²) in [6.45, 7) is 2.23. The zero-order valence-electron chi connectivity index (χ0n) is 19.0. The first-order valence-electron chi connectivity index (χ1n) is 11.0. The number of rotatable bonds is 5. The molecule has 176 valence electrons. The molecule has 5 nitrogen and oxygen atoms in total. The molecule has 0 unspecified atom stereocenters. The Hall–Kier alpha value is -3.16. The van der Waals surface area contributed by atoms with Gasteiger partial charge in [-0.2, -0.15) is 0 Å². The Morgan fingerprint density at radius 3 is 2.26 bits per heavy atom. The molecule has 2 aliphatic rings. The van der Waals surface area contributed by atoms with Crippen molar-refractivity contribution in [1.29, 1.82) is 0 Å². The van der Waals surface area contributed by atoms with Gasteiger partial charge in [0.05, 0.1) is 27.3 Å². The zero-order chi connectivity index (χ0) is 24.7. The highest BCUT2D eigenvalue weighted by Crippen LogP contribution is 2.48. The van der Waals surface area contributed by atoms with E-state index in [0.717, 1.165) is 22.4 Å². The van der Waals surface area contributed by atoms with Gasteiger partial charge in [-0.15, -0.1) is 0 Å². The number of ether oxygens (including phenoxy) is 2. The first kappa shape index (κ1) is 23.6. The molecule has 0 fully saturated rings. The topological polar surface area (TPSA) is 64.6 Å². The summed E-state index contributed by atoms with van der Waals surface area (Å²) in [7, 11) is 1.35. The molecule has 35 heavy (non-hydrogen) atoms. The highest BCUT2D eigenvalue weighted by atomic mass is 79.9. The Labute approximate surface area is 220 Å². The third kappa shape index (κ3) is 4.13. The number of ketones is 1. The van der Waals surface area contributed by atoms with Crippen LogP contribution in [0.5, 0.6) is 5.75 Å². The van der Waals surface area contributed by atoms with Crippen LogP contribution in [0.3, 0.4) is 0 Å². The summed E-state index contributed by atoms with van der Waals surface area (Å²) in [5.41, 5.74) is 5.60. The highest BCUT2D eigenvalue weighted by molar-refractivity contribution is 9.11. The number of carbonyl (C=O) groups excluding carboxylic acids is 2. The number of hydrogen-bond acceptors (Lipinski definition) is 5. The van der Waals surface area contributed by atoms with Gasteiger partial charge >= 0.3 is 5.97 Å². The number of halogens is 2. The number of methoxy groups -OCH3 is 1. The molecule has 0 radical (unpaired) electrons. The van der Waals surface area contributed by atoms with Crippen LogP contribution in [0, 0.1) is 0 Å². The Morgan fingerprint density at radius 2 is 1.60 bits per heavy atom. The quantitative estimate of drug-likeness (QED) is 0.340. The van der Waals surface area contributed by atoms with Crippen LogP contribution >= 0.6 is 31.9 Å². The van der Waals surface area contributed by atoms with Crippen molar-refractivity contribution in [1.82, 2.24) is 5.32 Å². The molecule has 1 aliphatic heterocycles. The van der Waals surface area contributed by atoms with Crippen molar-refractivity contribution in [2.24, 2.45) is 0 Å². The van der Waals surface area contributed by atoms with Crippen LogP contribution in [0.4, 0.5) is 0 Å². The van der Waals surface area contributed by atoms with Crippen LogP contribution in [0.1, 0.15) is 39.9 Å². The summed E-state index contributed by atoms with van der Waals surface area (Å²) >= 11 is 7.28.